The second-order valence-corrected chi connectivity index (χ2v) is 8.05. The topological polar surface area (TPSA) is 88.7 Å². The van der Waals surface area contributed by atoms with Crippen LogP contribution in [0.5, 0.6) is 0 Å². The van der Waals surface area contributed by atoms with Gasteiger partial charge in [-0.1, -0.05) is 12.1 Å². The summed E-state index contributed by atoms with van der Waals surface area (Å²) in [5.41, 5.74) is 2.03. The van der Waals surface area contributed by atoms with Gasteiger partial charge in [0, 0.05) is 24.0 Å². The normalized spacial score (nSPS) is 16.9. The first-order valence-electron chi connectivity index (χ1n) is 9.47. The van der Waals surface area contributed by atoms with Gasteiger partial charge in [0.1, 0.15) is 0 Å². The van der Waals surface area contributed by atoms with E-state index >= 15 is 0 Å². The van der Waals surface area contributed by atoms with Gasteiger partial charge in [0.15, 0.2) is 0 Å². The van der Waals surface area contributed by atoms with Crippen LogP contribution in [0.2, 0.25) is 0 Å². The van der Waals surface area contributed by atoms with Crippen LogP contribution < -0.4 is 21.4 Å². The van der Waals surface area contributed by atoms with E-state index in [2.05, 4.69) is 16.0 Å². The number of carbonyl (C=O) groups is 2. The van der Waals surface area contributed by atoms with E-state index in [4.69, 9.17) is 9.31 Å². The zero-order chi connectivity index (χ0) is 21.2. The summed E-state index contributed by atoms with van der Waals surface area (Å²) in [5.74, 6) is -0.146. The van der Waals surface area contributed by atoms with E-state index in [-0.39, 0.29) is 11.9 Å². The maximum Gasteiger partial charge on any atom is 0.494 e. The van der Waals surface area contributed by atoms with E-state index in [9.17, 15) is 9.59 Å². The van der Waals surface area contributed by atoms with Gasteiger partial charge in [0.05, 0.1) is 11.2 Å². The molecule has 3 amide bonds. The van der Waals surface area contributed by atoms with Crippen molar-refractivity contribution in [2.45, 2.75) is 45.8 Å². The van der Waals surface area contributed by atoms with Gasteiger partial charge in [0.25, 0.3) is 0 Å². The summed E-state index contributed by atoms with van der Waals surface area (Å²) in [5, 5.41) is 8.21. The molecule has 8 heteroatoms. The third-order valence-corrected chi connectivity index (χ3v) is 5.16. The number of nitrogens with one attached hydrogen (secondary N) is 3. The highest BCUT2D eigenvalue weighted by Gasteiger charge is 2.51. The van der Waals surface area contributed by atoms with Crippen molar-refractivity contribution >= 4 is 41.6 Å². The van der Waals surface area contributed by atoms with Crippen molar-refractivity contribution in [3.63, 3.8) is 0 Å². The lowest BCUT2D eigenvalue weighted by Crippen LogP contribution is -2.41. The van der Waals surface area contributed by atoms with Gasteiger partial charge < -0.3 is 25.3 Å². The third-order valence-electron chi connectivity index (χ3n) is 5.16. The Balaban J connectivity index is 1.57. The van der Waals surface area contributed by atoms with Crippen LogP contribution in [-0.4, -0.2) is 30.3 Å². The molecule has 0 saturated carbocycles. The molecule has 2 aromatic carbocycles. The fourth-order valence-corrected chi connectivity index (χ4v) is 2.84. The van der Waals surface area contributed by atoms with Crippen molar-refractivity contribution < 1.29 is 18.9 Å². The Bertz CT molecular complexity index is 879. The van der Waals surface area contributed by atoms with Crippen LogP contribution in [0.1, 0.15) is 34.6 Å². The van der Waals surface area contributed by atoms with Crippen molar-refractivity contribution in [1.82, 2.24) is 0 Å². The van der Waals surface area contributed by atoms with E-state index in [1.54, 1.807) is 36.4 Å². The molecule has 0 unspecified atom stereocenters. The molecule has 0 aliphatic carbocycles. The van der Waals surface area contributed by atoms with Crippen LogP contribution >= 0.6 is 0 Å². The molecule has 1 aliphatic rings. The maximum atomic E-state index is 12.2. The number of amides is 3. The Morgan fingerprint density at radius 1 is 0.724 bits per heavy atom. The summed E-state index contributed by atoms with van der Waals surface area (Å²) in [4.78, 5) is 23.3. The van der Waals surface area contributed by atoms with Gasteiger partial charge in [0.2, 0.25) is 5.91 Å². The number of benzene rings is 2. The zero-order valence-electron chi connectivity index (χ0n) is 17.3. The van der Waals surface area contributed by atoms with Gasteiger partial charge in [-0.3, -0.25) is 4.79 Å². The second kappa shape index (κ2) is 7.89. The molecule has 1 heterocycles. The fourth-order valence-electron chi connectivity index (χ4n) is 2.84. The van der Waals surface area contributed by atoms with E-state index < -0.39 is 18.3 Å². The SMILES string of the molecule is CC(=O)Nc1ccc(NC(=O)Nc2ccc(B3OC(C)(C)C(C)(C)O3)cc2)cc1. The summed E-state index contributed by atoms with van der Waals surface area (Å²) in [7, 11) is -0.440. The minimum absolute atomic E-state index is 0.146. The number of rotatable bonds is 4. The molecular weight excluding hydrogens is 369 g/mol. The number of anilines is 3. The molecule has 152 valence electrons. The highest BCUT2D eigenvalue weighted by atomic mass is 16.7. The molecule has 2 aromatic rings. The Morgan fingerprint density at radius 2 is 1.10 bits per heavy atom. The van der Waals surface area contributed by atoms with Gasteiger partial charge >= 0.3 is 13.1 Å². The van der Waals surface area contributed by atoms with E-state index in [1.165, 1.54) is 6.92 Å². The first-order valence-corrected chi connectivity index (χ1v) is 9.47. The van der Waals surface area contributed by atoms with Crippen molar-refractivity contribution in [3.8, 4) is 0 Å². The lowest BCUT2D eigenvalue weighted by Gasteiger charge is -2.32. The van der Waals surface area contributed by atoms with Crippen molar-refractivity contribution in [2.24, 2.45) is 0 Å². The molecule has 0 bridgehead atoms. The summed E-state index contributed by atoms with van der Waals surface area (Å²) < 4.78 is 12.1. The Labute approximate surface area is 171 Å². The minimum atomic E-state index is -0.440. The smallest absolute Gasteiger partial charge is 0.399 e. The lowest BCUT2D eigenvalue weighted by atomic mass is 9.79. The van der Waals surface area contributed by atoms with Crippen LogP contribution in [0.4, 0.5) is 21.9 Å². The molecule has 0 spiro atoms. The van der Waals surface area contributed by atoms with E-state index in [1.807, 2.05) is 39.8 Å². The number of carbonyl (C=O) groups excluding carboxylic acids is 2. The van der Waals surface area contributed by atoms with Gasteiger partial charge in [-0.25, -0.2) is 4.79 Å². The average molecular weight is 395 g/mol. The Kier molecular flexibility index (Phi) is 5.68. The largest absolute Gasteiger partial charge is 0.494 e. The maximum absolute atomic E-state index is 12.2. The molecule has 7 nitrogen and oxygen atoms in total. The highest BCUT2D eigenvalue weighted by molar-refractivity contribution is 6.62. The monoisotopic (exact) mass is 395 g/mol. The lowest BCUT2D eigenvalue weighted by molar-refractivity contribution is -0.114. The predicted molar refractivity (Wildman–Crippen MR) is 116 cm³/mol. The van der Waals surface area contributed by atoms with Crippen molar-refractivity contribution in [3.05, 3.63) is 48.5 Å². The summed E-state index contributed by atoms with van der Waals surface area (Å²) in [6.45, 7) is 9.48. The van der Waals surface area contributed by atoms with Crippen molar-refractivity contribution in [1.29, 1.82) is 0 Å². The van der Waals surface area contributed by atoms with Gasteiger partial charge in [-0.2, -0.15) is 0 Å². The van der Waals surface area contributed by atoms with Gasteiger partial charge in [-0.15, -0.1) is 0 Å². The molecule has 3 N–H and O–H groups in total. The molecule has 0 radical (unpaired) electrons. The first-order chi connectivity index (χ1) is 13.6. The zero-order valence-corrected chi connectivity index (χ0v) is 17.3. The first kappa shape index (κ1) is 20.9. The molecule has 29 heavy (non-hydrogen) atoms. The molecule has 1 aliphatic heterocycles. The molecule has 0 atom stereocenters. The molecular formula is C21H26BN3O4. The summed E-state index contributed by atoms with van der Waals surface area (Å²) in [6.07, 6.45) is 0. The molecule has 1 saturated heterocycles. The third kappa shape index (κ3) is 4.96. The average Bonchev–Trinajstić information content (AvgIpc) is 2.84. The van der Waals surface area contributed by atoms with Crippen LogP contribution in [-0.2, 0) is 14.1 Å². The summed E-state index contributed by atoms with van der Waals surface area (Å²) in [6, 6.07) is 13.9. The van der Waals surface area contributed by atoms with Crippen molar-refractivity contribution in [2.75, 3.05) is 16.0 Å². The van der Waals surface area contributed by atoms with E-state index in [0.717, 1.165) is 5.46 Å². The van der Waals surface area contributed by atoms with E-state index in [0.29, 0.717) is 17.1 Å². The number of urea groups is 1. The molecule has 1 fully saturated rings. The van der Waals surface area contributed by atoms with Crippen LogP contribution in [0, 0.1) is 0 Å². The Morgan fingerprint density at radius 3 is 1.52 bits per heavy atom. The second-order valence-electron chi connectivity index (χ2n) is 8.05. The minimum Gasteiger partial charge on any atom is -0.399 e. The standard InChI is InChI=1S/C21H26BN3O4/c1-14(26)23-16-10-12-18(13-11-16)25-19(27)24-17-8-6-15(7-9-17)22-28-20(2,3)21(4,5)29-22/h6-13H,1-5H3,(H,23,26)(H2,24,25,27). The van der Waals surface area contributed by atoms with Gasteiger partial charge in [-0.05, 0) is 69.6 Å². The summed E-state index contributed by atoms with van der Waals surface area (Å²) >= 11 is 0. The molecule has 0 aromatic heterocycles. The van der Waals surface area contributed by atoms with Crippen LogP contribution in [0.25, 0.3) is 0 Å². The Hall–Kier alpha value is -2.84. The molecule has 3 rings (SSSR count). The fraction of sp³-hybridized carbons (Fsp3) is 0.333. The van der Waals surface area contributed by atoms with Crippen LogP contribution in [0.3, 0.4) is 0 Å². The highest BCUT2D eigenvalue weighted by Crippen LogP contribution is 2.36. The van der Waals surface area contributed by atoms with Crippen LogP contribution in [0.15, 0.2) is 48.5 Å². The predicted octanol–water partition coefficient (Wildman–Crippen LogP) is 3.59. The number of hydrogen-bond donors (Lipinski definition) is 3. The quantitative estimate of drug-likeness (QED) is 0.691. The number of hydrogen-bond acceptors (Lipinski definition) is 4.